The van der Waals surface area contributed by atoms with E-state index in [1.807, 2.05) is 59.0 Å². The van der Waals surface area contributed by atoms with Crippen LogP contribution in [0.25, 0.3) is 16.6 Å². The zero-order chi connectivity index (χ0) is 20.2. The van der Waals surface area contributed by atoms with Crippen LogP contribution < -0.4 is 11.0 Å². The van der Waals surface area contributed by atoms with Crippen molar-refractivity contribution in [2.45, 2.75) is 34.2 Å². The molecule has 0 saturated heterocycles. The molecule has 28 heavy (non-hydrogen) atoms. The standard InChI is InChI=1S/C20H22N6O2/c1-11-6-7-16-15(8-11)9-12(2)19-23-25(20(28)26(16)19)10-17(27)21-18-13(3)22-24(5)14(18)4/h6-9H,10H2,1-5H3,(H,21,27). The lowest BCUT2D eigenvalue weighted by Gasteiger charge is -2.05. The van der Waals surface area contributed by atoms with Gasteiger partial charge < -0.3 is 5.32 Å². The maximum atomic E-state index is 13.0. The molecule has 1 amide bonds. The number of pyridine rings is 1. The Labute approximate surface area is 161 Å². The van der Waals surface area contributed by atoms with Crippen LogP contribution in [0.2, 0.25) is 0 Å². The lowest BCUT2D eigenvalue weighted by molar-refractivity contribution is -0.117. The van der Waals surface area contributed by atoms with E-state index in [0.717, 1.165) is 33.4 Å². The normalized spacial score (nSPS) is 11.5. The Morgan fingerprint density at radius 3 is 2.54 bits per heavy atom. The predicted octanol–water partition coefficient (Wildman–Crippen LogP) is 2.26. The van der Waals surface area contributed by atoms with Gasteiger partial charge in [0.15, 0.2) is 5.65 Å². The molecule has 1 N–H and O–H groups in total. The van der Waals surface area contributed by atoms with E-state index >= 15 is 0 Å². The monoisotopic (exact) mass is 378 g/mol. The van der Waals surface area contributed by atoms with E-state index in [1.165, 1.54) is 4.68 Å². The van der Waals surface area contributed by atoms with Crippen LogP contribution >= 0.6 is 0 Å². The molecule has 0 saturated carbocycles. The molecule has 1 aromatic carbocycles. The van der Waals surface area contributed by atoms with E-state index in [9.17, 15) is 9.59 Å². The van der Waals surface area contributed by atoms with Gasteiger partial charge in [-0.25, -0.2) is 13.9 Å². The molecule has 0 bridgehead atoms. The van der Waals surface area contributed by atoms with Crippen LogP contribution in [0, 0.1) is 27.7 Å². The van der Waals surface area contributed by atoms with E-state index in [2.05, 4.69) is 15.5 Å². The number of carbonyl (C=O) groups is 1. The van der Waals surface area contributed by atoms with E-state index < -0.39 is 0 Å². The van der Waals surface area contributed by atoms with Crippen LogP contribution in [0.5, 0.6) is 0 Å². The number of aryl methyl sites for hydroxylation is 4. The Balaban J connectivity index is 1.74. The number of hydrogen-bond acceptors (Lipinski definition) is 4. The van der Waals surface area contributed by atoms with Crippen LogP contribution in [-0.2, 0) is 18.4 Å². The van der Waals surface area contributed by atoms with Crippen LogP contribution in [0.15, 0.2) is 29.1 Å². The van der Waals surface area contributed by atoms with Crippen LogP contribution in [-0.4, -0.2) is 29.9 Å². The first-order valence-corrected chi connectivity index (χ1v) is 9.06. The third-order valence-electron chi connectivity index (χ3n) is 5.05. The van der Waals surface area contributed by atoms with Gasteiger partial charge in [-0.2, -0.15) is 5.10 Å². The number of carbonyl (C=O) groups excluding carboxylic acids is 1. The molecule has 3 aromatic heterocycles. The molecule has 0 fully saturated rings. The van der Waals surface area contributed by atoms with Gasteiger partial charge >= 0.3 is 5.69 Å². The average Bonchev–Trinajstić information content (AvgIpc) is 3.07. The second-order valence-electron chi connectivity index (χ2n) is 7.21. The van der Waals surface area contributed by atoms with Gasteiger partial charge in [-0.15, -0.1) is 5.10 Å². The molecule has 0 aliphatic carbocycles. The van der Waals surface area contributed by atoms with E-state index in [4.69, 9.17) is 0 Å². The lowest BCUT2D eigenvalue weighted by Crippen LogP contribution is -2.28. The summed E-state index contributed by atoms with van der Waals surface area (Å²) in [6.07, 6.45) is 0. The molecule has 0 aliphatic rings. The number of nitrogens with one attached hydrogen (secondary N) is 1. The maximum absolute atomic E-state index is 13.0. The van der Waals surface area contributed by atoms with Gasteiger partial charge in [0.2, 0.25) is 5.91 Å². The molecule has 144 valence electrons. The molecular formula is C20H22N6O2. The number of anilines is 1. The summed E-state index contributed by atoms with van der Waals surface area (Å²) in [5.74, 6) is -0.317. The minimum Gasteiger partial charge on any atom is -0.321 e. The highest BCUT2D eigenvalue weighted by atomic mass is 16.2. The summed E-state index contributed by atoms with van der Waals surface area (Å²) in [5, 5.41) is 12.5. The molecule has 3 heterocycles. The number of rotatable bonds is 3. The van der Waals surface area contributed by atoms with Crippen molar-refractivity contribution in [2.24, 2.45) is 7.05 Å². The summed E-state index contributed by atoms with van der Waals surface area (Å²) in [7, 11) is 1.82. The highest BCUT2D eigenvalue weighted by Gasteiger charge is 2.17. The molecular weight excluding hydrogens is 356 g/mol. The van der Waals surface area contributed by atoms with Gasteiger partial charge in [0.25, 0.3) is 0 Å². The quantitative estimate of drug-likeness (QED) is 0.592. The fourth-order valence-electron chi connectivity index (χ4n) is 3.54. The van der Waals surface area contributed by atoms with Gasteiger partial charge in [-0.3, -0.25) is 9.48 Å². The number of benzene rings is 1. The maximum Gasteiger partial charge on any atom is 0.351 e. The van der Waals surface area contributed by atoms with Gasteiger partial charge in [0, 0.05) is 7.05 Å². The summed E-state index contributed by atoms with van der Waals surface area (Å²) < 4.78 is 4.48. The molecule has 0 unspecified atom stereocenters. The third-order valence-corrected chi connectivity index (χ3v) is 5.05. The molecule has 4 aromatic rings. The van der Waals surface area contributed by atoms with Gasteiger partial charge in [0.1, 0.15) is 6.54 Å². The number of nitrogens with zero attached hydrogens (tertiary/aromatic N) is 5. The average molecular weight is 378 g/mol. The summed E-state index contributed by atoms with van der Waals surface area (Å²) >= 11 is 0. The van der Waals surface area contributed by atoms with Crippen molar-refractivity contribution in [1.82, 2.24) is 24.0 Å². The van der Waals surface area contributed by atoms with Crippen molar-refractivity contribution in [1.29, 1.82) is 0 Å². The van der Waals surface area contributed by atoms with E-state index in [-0.39, 0.29) is 18.1 Å². The Morgan fingerprint density at radius 2 is 1.86 bits per heavy atom. The van der Waals surface area contributed by atoms with Crippen molar-refractivity contribution in [3.8, 4) is 0 Å². The largest absolute Gasteiger partial charge is 0.351 e. The zero-order valence-corrected chi connectivity index (χ0v) is 16.6. The van der Waals surface area contributed by atoms with Crippen molar-refractivity contribution in [2.75, 3.05) is 5.32 Å². The molecule has 8 heteroatoms. The van der Waals surface area contributed by atoms with Crippen molar-refractivity contribution >= 4 is 28.1 Å². The summed E-state index contributed by atoms with van der Waals surface area (Å²) in [6.45, 7) is 7.47. The molecule has 0 atom stereocenters. The first-order chi connectivity index (χ1) is 13.3. The van der Waals surface area contributed by atoms with Crippen molar-refractivity contribution in [3.63, 3.8) is 0 Å². The van der Waals surface area contributed by atoms with Crippen LogP contribution in [0.4, 0.5) is 5.69 Å². The highest BCUT2D eigenvalue weighted by molar-refractivity contribution is 5.91. The number of aromatic nitrogens is 5. The number of fused-ring (bicyclic) bond motifs is 3. The Bertz CT molecular complexity index is 1310. The minimum absolute atomic E-state index is 0.166. The Kier molecular flexibility index (Phi) is 4.06. The number of amides is 1. The number of hydrogen-bond donors (Lipinski definition) is 1. The summed E-state index contributed by atoms with van der Waals surface area (Å²) in [5.41, 5.74) is 5.26. The third kappa shape index (κ3) is 2.77. The zero-order valence-electron chi connectivity index (χ0n) is 16.6. The topological polar surface area (TPSA) is 86.2 Å². The van der Waals surface area contributed by atoms with E-state index in [1.54, 1.807) is 9.08 Å². The second kappa shape index (κ2) is 6.33. The van der Waals surface area contributed by atoms with Crippen molar-refractivity contribution < 1.29 is 4.79 Å². The van der Waals surface area contributed by atoms with Crippen LogP contribution in [0.1, 0.15) is 22.5 Å². The van der Waals surface area contributed by atoms with Crippen molar-refractivity contribution in [3.05, 3.63) is 57.3 Å². The lowest BCUT2D eigenvalue weighted by atomic mass is 10.1. The van der Waals surface area contributed by atoms with Gasteiger partial charge in [0.05, 0.1) is 22.6 Å². The first kappa shape index (κ1) is 18.0. The summed E-state index contributed by atoms with van der Waals surface area (Å²) in [6, 6.07) is 7.91. The fourth-order valence-corrected chi connectivity index (χ4v) is 3.54. The smallest absolute Gasteiger partial charge is 0.321 e. The fraction of sp³-hybridized carbons (Fsp3) is 0.300. The predicted molar refractivity (Wildman–Crippen MR) is 108 cm³/mol. The van der Waals surface area contributed by atoms with Gasteiger partial charge in [-0.05, 0) is 56.8 Å². The molecule has 8 nitrogen and oxygen atoms in total. The minimum atomic E-state index is -0.331. The van der Waals surface area contributed by atoms with Crippen LogP contribution in [0.3, 0.4) is 0 Å². The molecule has 0 spiro atoms. The molecule has 0 aliphatic heterocycles. The summed E-state index contributed by atoms with van der Waals surface area (Å²) in [4.78, 5) is 25.5. The second-order valence-corrected chi connectivity index (χ2v) is 7.21. The Morgan fingerprint density at radius 1 is 1.11 bits per heavy atom. The molecule has 0 radical (unpaired) electrons. The molecule has 4 rings (SSSR count). The highest BCUT2D eigenvalue weighted by Crippen LogP contribution is 2.20. The van der Waals surface area contributed by atoms with Gasteiger partial charge in [-0.1, -0.05) is 11.6 Å². The SMILES string of the molecule is Cc1ccc2c(c1)cc(C)c1nn(CC(=O)Nc3c(C)nn(C)c3C)c(=O)n12. The Hall–Kier alpha value is -3.42. The first-order valence-electron chi connectivity index (χ1n) is 9.06. The van der Waals surface area contributed by atoms with E-state index in [0.29, 0.717) is 11.3 Å².